The fourth-order valence-electron chi connectivity index (χ4n) is 3.46. The monoisotopic (exact) mass is 297 g/mol. The van der Waals surface area contributed by atoms with Gasteiger partial charge in [-0.25, -0.2) is 8.78 Å². The highest BCUT2D eigenvalue weighted by Crippen LogP contribution is 2.35. The predicted molar refractivity (Wildman–Crippen MR) is 80.3 cm³/mol. The molecule has 2 rings (SSSR count). The number of halogens is 2. The lowest BCUT2D eigenvalue weighted by molar-refractivity contribution is 0.00843. The van der Waals surface area contributed by atoms with Gasteiger partial charge in [0.05, 0.1) is 12.1 Å². The van der Waals surface area contributed by atoms with Gasteiger partial charge >= 0.3 is 0 Å². The van der Waals surface area contributed by atoms with Gasteiger partial charge in [-0.15, -0.1) is 0 Å². The van der Waals surface area contributed by atoms with Gasteiger partial charge in [0.1, 0.15) is 0 Å². The Kier molecular flexibility index (Phi) is 5.71. The van der Waals surface area contributed by atoms with Gasteiger partial charge in [0.2, 0.25) is 0 Å². The molecule has 0 saturated heterocycles. The van der Waals surface area contributed by atoms with E-state index >= 15 is 0 Å². The molecular formula is C17H25F2NO. The molecule has 2 atom stereocenters. The molecule has 1 fully saturated rings. The lowest BCUT2D eigenvalue weighted by atomic mass is 9.80. The second-order valence-electron chi connectivity index (χ2n) is 5.96. The van der Waals surface area contributed by atoms with Crippen LogP contribution in [0.2, 0.25) is 0 Å². The third-order valence-electron chi connectivity index (χ3n) is 4.67. The molecule has 0 aliphatic heterocycles. The van der Waals surface area contributed by atoms with Crippen molar-refractivity contribution in [1.29, 1.82) is 0 Å². The lowest BCUT2D eigenvalue weighted by Gasteiger charge is -2.35. The van der Waals surface area contributed by atoms with Gasteiger partial charge in [0.15, 0.2) is 11.6 Å². The van der Waals surface area contributed by atoms with Gasteiger partial charge < -0.3 is 10.1 Å². The van der Waals surface area contributed by atoms with E-state index in [2.05, 4.69) is 5.32 Å². The molecule has 1 aromatic carbocycles. The summed E-state index contributed by atoms with van der Waals surface area (Å²) in [5.74, 6) is -1.12. The molecule has 1 aliphatic rings. The summed E-state index contributed by atoms with van der Waals surface area (Å²) in [7, 11) is 3.43. The first kappa shape index (κ1) is 16.4. The number of hydrogen-bond acceptors (Lipinski definition) is 2. The van der Waals surface area contributed by atoms with Crippen LogP contribution in [-0.4, -0.2) is 20.3 Å². The second-order valence-corrected chi connectivity index (χ2v) is 5.96. The zero-order valence-electron chi connectivity index (χ0n) is 13.1. The molecule has 0 heterocycles. The maximum atomic E-state index is 14.3. The molecule has 0 aromatic heterocycles. The lowest BCUT2D eigenvalue weighted by Crippen LogP contribution is -2.38. The van der Waals surface area contributed by atoms with Crippen LogP contribution in [0.3, 0.4) is 0 Å². The van der Waals surface area contributed by atoms with E-state index in [0.29, 0.717) is 17.0 Å². The summed E-state index contributed by atoms with van der Waals surface area (Å²) >= 11 is 0. The third-order valence-corrected chi connectivity index (χ3v) is 4.67. The van der Waals surface area contributed by atoms with Crippen molar-refractivity contribution < 1.29 is 13.5 Å². The Bertz CT molecular complexity index is 472. The topological polar surface area (TPSA) is 21.3 Å². The molecule has 1 aromatic rings. The molecule has 1 N–H and O–H groups in total. The third kappa shape index (κ3) is 3.43. The van der Waals surface area contributed by atoms with E-state index in [1.165, 1.54) is 19.3 Å². The summed E-state index contributed by atoms with van der Waals surface area (Å²) in [5.41, 5.74) is 0.691. The largest absolute Gasteiger partial charge is 0.379 e. The Labute approximate surface area is 125 Å². The summed E-state index contributed by atoms with van der Waals surface area (Å²) in [6.45, 7) is 1.57. The van der Waals surface area contributed by atoms with Gasteiger partial charge in [-0.1, -0.05) is 31.4 Å². The predicted octanol–water partition coefficient (Wildman–Crippen LogP) is 4.13. The van der Waals surface area contributed by atoms with Crippen LogP contribution in [0.4, 0.5) is 8.78 Å². The molecule has 21 heavy (non-hydrogen) atoms. The highest BCUT2D eigenvalue weighted by Gasteiger charge is 2.33. The molecule has 0 spiro atoms. The summed E-state index contributed by atoms with van der Waals surface area (Å²) < 4.78 is 33.8. The highest BCUT2D eigenvalue weighted by molar-refractivity contribution is 5.28. The summed E-state index contributed by atoms with van der Waals surface area (Å²) in [6, 6.07) is 2.98. The van der Waals surface area contributed by atoms with E-state index in [-0.39, 0.29) is 12.1 Å². The Hall–Kier alpha value is -1.00. The van der Waals surface area contributed by atoms with E-state index in [0.717, 1.165) is 12.8 Å². The van der Waals surface area contributed by atoms with Gasteiger partial charge in [0, 0.05) is 12.7 Å². The molecule has 1 aliphatic carbocycles. The molecule has 2 nitrogen and oxygen atoms in total. The number of nitrogens with one attached hydrogen (secondary N) is 1. The van der Waals surface area contributed by atoms with E-state index < -0.39 is 11.6 Å². The molecule has 2 unspecified atom stereocenters. The molecule has 4 heteroatoms. The van der Waals surface area contributed by atoms with Crippen molar-refractivity contribution in [1.82, 2.24) is 5.32 Å². The number of rotatable bonds is 5. The maximum absolute atomic E-state index is 14.3. The molecule has 0 bridgehead atoms. The van der Waals surface area contributed by atoms with Crippen LogP contribution in [0.1, 0.15) is 49.3 Å². The van der Waals surface area contributed by atoms with Gasteiger partial charge in [-0.05, 0) is 38.3 Å². The van der Waals surface area contributed by atoms with E-state index in [1.54, 1.807) is 33.2 Å². The average Bonchev–Trinajstić information content (AvgIpc) is 2.52. The van der Waals surface area contributed by atoms with Gasteiger partial charge in [0.25, 0.3) is 0 Å². The van der Waals surface area contributed by atoms with E-state index in [9.17, 15) is 8.78 Å². The minimum Gasteiger partial charge on any atom is -0.379 e. The van der Waals surface area contributed by atoms with Crippen molar-refractivity contribution in [2.75, 3.05) is 14.2 Å². The number of benzene rings is 1. The smallest absolute Gasteiger partial charge is 0.163 e. The Balaban J connectivity index is 2.30. The number of ether oxygens (including phenoxy) is 1. The molecule has 0 radical (unpaired) electrons. The summed E-state index contributed by atoms with van der Waals surface area (Å²) in [6.07, 6.45) is 5.67. The Morgan fingerprint density at radius 1 is 1.14 bits per heavy atom. The highest BCUT2D eigenvalue weighted by atomic mass is 19.2. The van der Waals surface area contributed by atoms with Gasteiger partial charge in [-0.2, -0.15) is 0 Å². The number of aryl methyl sites for hydroxylation is 1. The quantitative estimate of drug-likeness (QED) is 0.882. The van der Waals surface area contributed by atoms with Crippen molar-refractivity contribution >= 4 is 0 Å². The van der Waals surface area contributed by atoms with Crippen molar-refractivity contribution in [3.05, 3.63) is 34.9 Å². The standard InChI is InChI=1S/C17H25F2NO/c1-11-9-10-13(15(19)14(11)18)16(20-2)17(21-3)12-7-5-4-6-8-12/h9-10,12,16-17,20H,4-8H2,1-3H3. The van der Waals surface area contributed by atoms with Crippen LogP contribution in [0.25, 0.3) is 0 Å². The van der Waals surface area contributed by atoms with Crippen molar-refractivity contribution in [2.24, 2.45) is 5.92 Å². The zero-order chi connectivity index (χ0) is 15.4. The Morgan fingerprint density at radius 2 is 1.81 bits per heavy atom. The van der Waals surface area contributed by atoms with Crippen LogP contribution < -0.4 is 5.32 Å². The van der Waals surface area contributed by atoms with Crippen molar-refractivity contribution in [3.8, 4) is 0 Å². The normalized spacial score (nSPS) is 19.5. The fourth-order valence-corrected chi connectivity index (χ4v) is 3.46. The molecular weight excluding hydrogens is 272 g/mol. The van der Waals surface area contributed by atoms with Gasteiger partial charge in [-0.3, -0.25) is 0 Å². The second kappa shape index (κ2) is 7.32. The first-order chi connectivity index (χ1) is 10.1. The van der Waals surface area contributed by atoms with Crippen LogP contribution in [-0.2, 0) is 4.74 Å². The van der Waals surface area contributed by atoms with Crippen molar-refractivity contribution in [2.45, 2.75) is 51.2 Å². The SMILES string of the molecule is CNC(c1ccc(C)c(F)c1F)C(OC)C1CCCCC1. The number of hydrogen-bond donors (Lipinski definition) is 1. The summed E-state index contributed by atoms with van der Waals surface area (Å²) in [5, 5.41) is 3.12. The van der Waals surface area contributed by atoms with Crippen LogP contribution in [0, 0.1) is 24.5 Å². The van der Waals surface area contributed by atoms with Crippen LogP contribution >= 0.6 is 0 Å². The first-order valence-corrected chi connectivity index (χ1v) is 7.74. The maximum Gasteiger partial charge on any atom is 0.163 e. The molecule has 118 valence electrons. The molecule has 1 saturated carbocycles. The van der Waals surface area contributed by atoms with Crippen LogP contribution in [0.15, 0.2) is 12.1 Å². The van der Waals surface area contributed by atoms with Crippen molar-refractivity contribution in [3.63, 3.8) is 0 Å². The number of likely N-dealkylation sites (N-methyl/N-ethyl adjacent to an activating group) is 1. The van der Waals surface area contributed by atoms with E-state index in [4.69, 9.17) is 4.74 Å². The minimum atomic E-state index is -0.758. The Morgan fingerprint density at radius 3 is 2.38 bits per heavy atom. The molecule has 0 amide bonds. The van der Waals surface area contributed by atoms with E-state index in [1.807, 2.05) is 0 Å². The number of methoxy groups -OCH3 is 1. The minimum absolute atomic E-state index is 0.132. The zero-order valence-corrected chi connectivity index (χ0v) is 13.1. The average molecular weight is 297 g/mol. The first-order valence-electron chi connectivity index (χ1n) is 7.74. The fraction of sp³-hybridized carbons (Fsp3) is 0.647. The summed E-state index contributed by atoms with van der Waals surface area (Å²) in [4.78, 5) is 0. The van der Waals surface area contributed by atoms with Crippen LogP contribution in [0.5, 0.6) is 0 Å².